The fourth-order valence-corrected chi connectivity index (χ4v) is 3.47. The Bertz CT molecular complexity index is 829. The van der Waals surface area contributed by atoms with Crippen molar-refractivity contribution in [1.29, 1.82) is 0 Å². The van der Waals surface area contributed by atoms with Crippen molar-refractivity contribution in [1.82, 2.24) is 10.3 Å². The van der Waals surface area contributed by atoms with E-state index in [4.69, 9.17) is 31.5 Å². The van der Waals surface area contributed by atoms with Crippen molar-refractivity contribution in [3.63, 3.8) is 0 Å². The molecule has 170 valence electrons. The average molecular weight is 456 g/mol. The van der Waals surface area contributed by atoms with Crippen LogP contribution in [0.25, 0.3) is 0 Å². The summed E-state index contributed by atoms with van der Waals surface area (Å²) in [6.07, 6.45) is 0.541. The van der Waals surface area contributed by atoms with Crippen LogP contribution in [-0.2, 0) is 19.0 Å². The molecule has 0 spiro atoms. The third kappa shape index (κ3) is 5.79. The number of carbonyl (C=O) groups is 1. The van der Waals surface area contributed by atoms with E-state index in [0.29, 0.717) is 37.6 Å². The Morgan fingerprint density at radius 1 is 1.45 bits per heavy atom. The summed E-state index contributed by atoms with van der Waals surface area (Å²) in [7, 11) is 1.51. The van der Waals surface area contributed by atoms with Crippen molar-refractivity contribution in [3.8, 4) is 0 Å². The van der Waals surface area contributed by atoms with Gasteiger partial charge in [-0.1, -0.05) is 0 Å². The smallest absolute Gasteiger partial charge is 0.280 e. The molecular formula is C19H26FN5O5S. The van der Waals surface area contributed by atoms with Gasteiger partial charge in [0.25, 0.3) is 5.17 Å². The van der Waals surface area contributed by atoms with Gasteiger partial charge in [0, 0.05) is 32.8 Å². The summed E-state index contributed by atoms with van der Waals surface area (Å²) >= 11 is 5.10. The Morgan fingerprint density at radius 2 is 2.26 bits per heavy atom. The summed E-state index contributed by atoms with van der Waals surface area (Å²) in [5, 5.41) is 17.3. The first kappa shape index (κ1) is 23.1. The Morgan fingerprint density at radius 3 is 2.87 bits per heavy atom. The topological polar surface area (TPSA) is 99.1 Å². The Balaban J connectivity index is 1.66. The lowest BCUT2D eigenvalue weighted by atomic mass is 10.2. The molecular weight excluding hydrogens is 429 g/mol. The third-order valence-corrected chi connectivity index (χ3v) is 5.06. The van der Waals surface area contributed by atoms with Crippen LogP contribution >= 0.6 is 12.2 Å². The number of aliphatic hydroxyl groups is 1. The highest BCUT2D eigenvalue weighted by atomic mass is 32.1. The molecule has 1 aromatic carbocycles. The van der Waals surface area contributed by atoms with E-state index in [1.54, 1.807) is 21.9 Å². The van der Waals surface area contributed by atoms with Crippen LogP contribution in [0, 0.1) is 5.82 Å². The molecule has 1 fully saturated rings. The summed E-state index contributed by atoms with van der Waals surface area (Å²) in [6, 6.07) is 4.87. The van der Waals surface area contributed by atoms with E-state index in [-0.39, 0.29) is 30.4 Å². The number of hydrogen-bond acceptors (Lipinski definition) is 9. The van der Waals surface area contributed by atoms with Crippen molar-refractivity contribution in [3.05, 3.63) is 24.0 Å². The van der Waals surface area contributed by atoms with Crippen molar-refractivity contribution in [2.24, 2.45) is 5.10 Å². The molecule has 1 amide bonds. The molecule has 2 atom stereocenters. The highest BCUT2D eigenvalue weighted by Gasteiger charge is 2.33. The zero-order valence-corrected chi connectivity index (χ0v) is 18.2. The van der Waals surface area contributed by atoms with Gasteiger partial charge in [0.05, 0.1) is 31.5 Å². The van der Waals surface area contributed by atoms with Crippen LogP contribution in [0.3, 0.4) is 0 Å². The summed E-state index contributed by atoms with van der Waals surface area (Å²) < 4.78 is 31.2. The van der Waals surface area contributed by atoms with E-state index in [1.807, 2.05) is 0 Å². The van der Waals surface area contributed by atoms with Crippen molar-refractivity contribution in [2.45, 2.75) is 19.4 Å². The molecule has 0 radical (unpaired) electrons. The quantitative estimate of drug-likeness (QED) is 0.568. The molecule has 2 heterocycles. The number of aliphatic hydroxyl groups excluding tert-OH is 1. The molecule has 0 aromatic heterocycles. The second kappa shape index (κ2) is 10.7. The molecule has 3 rings (SSSR count). The lowest BCUT2D eigenvalue weighted by Crippen LogP contribution is -2.41. The van der Waals surface area contributed by atoms with Gasteiger partial charge in [-0.25, -0.2) is 9.40 Å². The zero-order valence-electron chi connectivity index (χ0n) is 17.4. The highest BCUT2D eigenvalue weighted by molar-refractivity contribution is 7.80. The van der Waals surface area contributed by atoms with Gasteiger partial charge >= 0.3 is 0 Å². The summed E-state index contributed by atoms with van der Waals surface area (Å²) in [5.74, 6) is -0.564. The van der Waals surface area contributed by atoms with Gasteiger partial charge in [-0.2, -0.15) is 5.10 Å². The number of methoxy groups -OCH3 is 1. The predicted octanol–water partition coefficient (Wildman–Crippen LogP) is 0.456. The van der Waals surface area contributed by atoms with Gasteiger partial charge in [0.1, 0.15) is 18.8 Å². The number of nitrogens with one attached hydrogen (secondary N) is 1. The first-order chi connectivity index (χ1) is 14.9. The second-order valence-corrected chi connectivity index (χ2v) is 7.26. The van der Waals surface area contributed by atoms with Gasteiger partial charge in [0.15, 0.2) is 0 Å². The van der Waals surface area contributed by atoms with Gasteiger partial charge in [-0.05, 0) is 30.4 Å². The van der Waals surface area contributed by atoms with E-state index >= 15 is 0 Å². The maximum Gasteiger partial charge on any atom is 0.280 e. The largest absolute Gasteiger partial charge is 0.467 e. The summed E-state index contributed by atoms with van der Waals surface area (Å²) in [4.78, 5) is 14.6. The fraction of sp³-hybridized carbons (Fsp3) is 0.526. The number of ether oxygens (including phenoxy) is 3. The average Bonchev–Trinajstić information content (AvgIpc) is 3.19. The number of thiocarbonyl (C=S) groups is 1. The minimum Gasteiger partial charge on any atom is -0.467 e. The van der Waals surface area contributed by atoms with Crippen LogP contribution in [0.1, 0.15) is 6.92 Å². The van der Waals surface area contributed by atoms with Crippen LogP contribution in [0.2, 0.25) is 0 Å². The lowest BCUT2D eigenvalue weighted by molar-refractivity contribution is -0.124. The monoisotopic (exact) mass is 455 g/mol. The summed E-state index contributed by atoms with van der Waals surface area (Å²) in [5.41, 5.74) is 0.978. The van der Waals surface area contributed by atoms with E-state index in [2.05, 4.69) is 10.4 Å². The molecule has 10 nitrogen and oxygen atoms in total. The minimum absolute atomic E-state index is 0.0962. The maximum atomic E-state index is 14.9. The molecule has 1 aromatic rings. The number of halogens is 1. The van der Waals surface area contributed by atoms with Crippen LogP contribution in [0.5, 0.6) is 0 Å². The number of hydrogen-bond donors (Lipinski definition) is 2. The van der Waals surface area contributed by atoms with Crippen LogP contribution < -0.4 is 15.1 Å². The maximum absolute atomic E-state index is 14.9. The zero-order chi connectivity index (χ0) is 22.4. The van der Waals surface area contributed by atoms with E-state index < -0.39 is 12.2 Å². The molecule has 2 aliphatic rings. The van der Waals surface area contributed by atoms with Crippen LogP contribution in [-0.4, -0.2) is 86.6 Å². The SMILES string of the molecule is COC1O[C@@H](CNC(C)=O)CN1c1ccc(N2C=NN(C(=S)OCCO)CC2)c(F)c1. The van der Waals surface area contributed by atoms with E-state index in [0.717, 1.165) is 0 Å². The number of hydrazone groups is 1. The molecule has 0 aliphatic carbocycles. The third-order valence-electron chi connectivity index (χ3n) is 4.73. The van der Waals surface area contributed by atoms with Gasteiger partial charge in [0.2, 0.25) is 12.3 Å². The number of benzene rings is 1. The minimum atomic E-state index is -0.672. The molecule has 1 saturated heterocycles. The summed E-state index contributed by atoms with van der Waals surface area (Å²) in [6.45, 7) is 3.06. The fourth-order valence-electron chi connectivity index (χ4n) is 3.25. The molecule has 12 heteroatoms. The highest BCUT2D eigenvalue weighted by Crippen LogP contribution is 2.30. The molecule has 2 N–H and O–H groups in total. The first-order valence-corrected chi connectivity index (χ1v) is 10.2. The van der Waals surface area contributed by atoms with Crippen molar-refractivity contribution in [2.75, 3.05) is 56.3 Å². The Hall–Kier alpha value is -2.54. The number of rotatable bonds is 7. The standard InChI is InChI=1S/C19H26FN5O5S/c1-13(27)21-10-15-11-24(18(28-2)30-15)14-3-4-17(16(20)9-14)23-5-6-25(22-12-23)19(31)29-8-7-26/h3-4,9,12,15,18,26H,5-8,10-11H2,1-2H3,(H,21,27)/t15-,18?/m0/s1. The predicted molar refractivity (Wildman–Crippen MR) is 116 cm³/mol. The van der Waals surface area contributed by atoms with Gasteiger partial charge in [-0.3, -0.25) is 4.79 Å². The molecule has 0 saturated carbocycles. The van der Waals surface area contributed by atoms with Gasteiger partial charge in [-0.15, -0.1) is 0 Å². The second-order valence-electron chi connectivity index (χ2n) is 6.91. The number of nitrogens with zero attached hydrogens (tertiary/aromatic N) is 4. The molecule has 1 unspecified atom stereocenters. The van der Waals surface area contributed by atoms with Gasteiger partial charge < -0.3 is 34.4 Å². The first-order valence-electron chi connectivity index (χ1n) is 9.77. The molecule has 2 aliphatic heterocycles. The van der Waals surface area contributed by atoms with Crippen LogP contribution in [0.4, 0.5) is 15.8 Å². The van der Waals surface area contributed by atoms with Crippen molar-refractivity contribution < 1.29 is 28.5 Å². The number of amides is 1. The molecule has 0 bridgehead atoms. The Kier molecular flexibility index (Phi) is 7.96. The number of anilines is 2. The molecule has 31 heavy (non-hydrogen) atoms. The van der Waals surface area contributed by atoms with Crippen molar-refractivity contribution >= 4 is 41.0 Å². The van der Waals surface area contributed by atoms with Crippen LogP contribution in [0.15, 0.2) is 23.3 Å². The lowest BCUT2D eigenvalue weighted by Gasteiger charge is -2.30. The van der Waals surface area contributed by atoms with E-state index in [1.165, 1.54) is 31.4 Å². The normalized spacial score (nSPS) is 20.8. The van der Waals surface area contributed by atoms with E-state index in [9.17, 15) is 9.18 Å². The Labute approximate surface area is 185 Å². The number of carbonyl (C=O) groups excluding carboxylic acids is 1.